The van der Waals surface area contributed by atoms with E-state index in [2.05, 4.69) is 44.9 Å². The van der Waals surface area contributed by atoms with Gasteiger partial charge < -0.3 is 4.90 Å². The van der Waals surface area contributed by atoms with Crippen molar-refractivity contribution in [1.29, 1.82) is 0 Å². The Morgan fingerprint density at radius 2 is 1.83 bits per heavy atom. The van der Waals surface area contributed by atoms with Crippen molar-refractivity contribution in [2.75, 3.05) is 20.1 Å². The SMILES string of the molecule is CCCCC1CN(C)C[C@H]1C.Cc1ccccc1. The molecule has 0 N–H and O–H groups in total. The lowest BCUT2D eigenvalue weighted by atomic mass is 9.93. The Morgan fingerprint density at radius 1 is 1.17 bits per heavy atom. The van der Waals surface area contributed by atoms with Crippen LogP contribution in [0.4, 0.5) is 0 Å². The molecule has 1 unspecified atom stereocenters. The van der Waals surface area contributed by atoms with Crippen LogP contribution in [0.5, 0.6) is 0 Å². The van der Waals surface area contributed by atoms with Gasteiger partial charge in [0.25, 0.3) is 0 Å². The van der Waals surface area contributed by atoms with Gasteiger partial charge in [-0.2, -0.15) is 0 Å². The smallest absolute Gasteiger partial charge is 0.000975 e. The van der Waals surface area contributed by atoms with E-state index >= 15 is 0 Å². The van der Waals surface area contributed by atoms with Gasteiger partial charge in [-0.1, -0.05) is 62.6 Å². The number of unbranched alkanes of at least 4 members (excludes halogenated alkanes) is 1. The molecule has 1 aliphatic heterocycles. The molecule has 102 valence electrons. The Bertz CT molecular complexity index is 307. The molecule has 0 radical (unpaired) electrons. The highest BCUT2D eigenvalue weighted by atomic mass is 15.1. The quantitative estimate of drug-likeness (QED) is 0.766. The lowest BCUT2D eigenvalue weighted by Gasteiger charge is -2.12. The zero-order chi connectivity index (χ0) is 13.4. The first kappa shape index (κ1) is 15.2. The zero-order valence-electron chi connectivity index (χ0n) is 12.5. The third-order valence-electron chi connectivity index (χ3n) is 3.82. The molecule has 0 aromatic heterocycles. The summed E-state index contributed by atoms with van der Waals surface area (Å²) in [5.74, 6) is 1.92. The maximum absolute atomic E-state index is 2.46. The van der Waals surface area contributed by atoms with E-state index in [1.165, 1.54) is 37.9 Å². The topological polar surface area (TPSA) is 3.24 Å². The molecule has 0 spiro atoms. The standard InChI is InChI=1S/C10H21N.C7H8/c1-4-5-6-10-8-11(3)7-9(10)2;1-7-5-3-2-4-6-7/h9-10H,4-8H2,1-3H3;2-6H,1H3/t9-,10?;/m1./s1. The molecule has 0 amide bonds. The predicted molar refractivity (Wildman–Crippen MR) is 80.9 cm³/mol. The summed E-state index contributed by atoms with van der Waals surface area (Å²) in [4.78, 5) is 2.46. The molecule has 1 heteroatoms. The van der Waals surface area contributed by atoms with E-state index in [1.54, 1.807) is 0 Å². The van der Waals surface area contributed by atoms with Crippen molar-refractivity contribution in [2.24, 2.45) is 11.8 Å². The van der Waals surface area contributed by atoms with Gasteiger partial charge in [0, 0.05) is 13.1 Å². The summed E-state index contributed by atoms with van der Waals surface area (Å²) in [6.45, 7) is 9.41. The van der Waals surface area contributed by atoms with E-state index in [4.69, 9.17) is 0 Å². The molecular formula is C17H29N. The summed E-state index contributed by atoms with van der Waals surface area (Å²) in [6, 6.07) is 10.3. The molecule has 2 atom stereocenters. The first-order chi connectivity index (χ1) is 8.63. The third kappa shape index (κ3) is 5.68. The molecule has 1 fully saturated rings. The second kappa shape index (κ2) is 8.31. The van der Waals surface area contributed by atoms with E-state index in [0.717, 1.165) is 11.8 Å². The zero-order valence-corrected chi connectivity index (χ0v) is 12.5. The van der Waals surface area contributed by atoms with Crippen molar-refractivity contribution >= 4 is 0 Å². The Kier molecular flexibility index (Phi) is 7.04. The maximum Gasteiger partial charge on any atom is 0.000975 e. The fourth-order valence-corrected chi connectivity index (χ4v) is 2.67. The van der Waals surface area contributed by atoms with Crippen LogP contribution >= 0.6 is 0 Å². The summed E-state index contributed by atoms with van der Waals surface area (Å²) in [5, 5.41) is 0. The first-order valence-electron chi connectivity index (χ1n) is 7.33. The molecule has 1 nitrogen and oxygen atoms in total. The number of aryl methyl sites for hydroxylation is 1. The monoisotopic (exact) mass is 247 g/mol. The molecular weight excluding hydrogens is 218 g/mol. The van der Waals surface area contributed by atoms with Crippen molar-refractivity contribution in [1.82, 2.24) is 4.90 Å². The third-order valence-corrected chi connectivity index (χ3v) is 3.82. The minimum atomic E-state index is 0.937. The Morgan fingerprint density at radius 3 is 2.22 bits per heavy atom. The average molecular weight is 247 g/mol. The Balaban J connectivity index is 0.000000199. The van der Waals surface area contributed by atoms with Gasteiger partial charge in [-0.15, -0.1) is 0 Å². The van der Waals surface area contributed by atoms with Crippen LogP contribution in [0.3, 0.4) is 0 Å². The van der Waals surface area contributed by atoms with Gasteiger partial charge in [0.05, 0.1) is 0 Å². The van der Waals surface area contributed by atoms with Gasteiger partial charge in [0.1, 0.15) is 0 Å². The summed E-state index contributed by atoms with van der Waals surface area (Å²) in [7, 11) is 2.24. The van der Waals surface area contributed by atoms with Crippen LogP contribution in [0.1, 0.15) is 38.7 Å². The van der Waals surface area contributed by atoms with E-state index in [0.29, 0.717) is 0 Å². The molecule has 1 aromatic carbocycles. The lowest BCUT2D eigenvalue weighted by Crippen LogP contribution is -2.13. The van der Waals surface area contributed by atoms with Crippen molar-refractivity contribution in [3.05, 3.63) is 35.9 Å². The van der Waals surface area contributed by atoms with E-state index in [9.17, 15) is 0 Å². The number of nitrogens with zero attached hydrogens (tertiary/aromatic N) is 1. The lowest BCUT2D eigenvalue weighted by molar-refractivity contribution is 0.382. The molecule has 18 heavy (non-hydrogen) atoms. The number of hydrogen-bond acceptors (Lipinski definition) is 1. The van der Waals surface area contributed by atoms with Gasteiger partial charge in [0.2, 0.25) is 0 Å². The molecule has 1 aromatic rings. The minimum Gasteiger partial charge on any atom is -0.306 e. The highest BCUT2D eigenvalue weighted by Crippen LogP contribution is 2.25. The maximum atomic E-state index is 2.46. The summed E-state index contributed by atoms with van der Waals surface area (Å²) in [6.07, 6.45) is 4.22. The number of benzene rings is 1. The van der Waals surface area contributed by atoms with Crippen LogP contribution in [0.25, 0.3) is 0 Å². The van der Waals surface area contributed by atoms with Crippen LogP contribution in [-0.2, 0) is 0 Å². The van der Waals surface area contributed by atoms with Crippen molar-refractivity contribution < 1.29 is 0 Å². The fourth-order valence-electron chi connectivity index (χ4n) is 2.67. The molecule has 0 saturated carbocycles. The summed E-state index contributed by atoms with van der Waals surface area (Å²) < 4.78 is 0. The molecule has 1 heterocycles. The largest absolute Gasteiger partial charge is 0.306 e. The number of rotatable bonds is 3. The minimum absolute atomic E-state index is 0.937. The molecule has 0 bridgehead atoms. The molecule has 0 aliphatic carbocycles. The van der Waals surface area contributed by atoms with Crippen LogP contribution < -0.4 is 0 Å². The van der Waals surface area contributed by atoms with E-state index < -0.39 is 0 Å². The molecule has 2 rings (SSSR count). The number of likely N-dealkylation sites (tertiary alicyclic amines) is 1. The molecule has 1 saturated heterocycles. The van der Waals surface area contributed by atoms with Gasteiger partial charge in [-0.05, 0) is 32.2 Å². The van der Waals surface area contributed by atoms with Crippen LogP contribution in [0.2, 0.25) is 0 Å². The second-order valence-corrected chi connectivity index (χ2v) is 5.76. The highest BCUT2D eigenvalue weighted by molar-refractivity contribution is 5.11. The summed E-state index contributed by atoms with van der Waals surface area (Å²) in [5.41, 5.74) is 1.32. The van der Waals surface area contributed by atoms with Gasteiger partial charge in [-0.25, -0.2) is 0 Å². The van der Waals surface area contributed by atoms with Gasteiger partial charge in [0.15, 0.2) is 0 Å². The van der Waals surface area contributed by atoms with Crippen molar-refractivity contribution in [3.8, 4) is 0 Å². The Hall–Kier alpha value is -0.820. The molecule has 1 aliphatic rings. The second-order valence-electron chi connectivity index (χ2n) is 5.76. The number of hydrogen-bond donors (Lipinski definition) is 0. The van der Waals surface area contributed by atoms with Crippen molar-refractivity contribution in [3.63, 3.8) is 0 Å². The van der Waals surface area contributed by atoms with Crippen LogP contribution in [-0.4, -0.2) is 25.0 Å². The Labute approximate surface area is 113 Å². The van der Waals surface area contributed by atoms with Gasteiger partial charge >= 0.3 is 0 Å². The van der Waals surface area contributed by atoms with Crippen molar-refractivity contribution in [2.45, 2.75) is 40.0 Å². The summed E-state index contributed by atoms with van der Waals surface area (Å²) >= 11 is 0. The average Bonchev–Trinajstić information content (AvgIpc) is 2.67. The first-order valence-corrected chi connectivity index (χ1v) is 7.33. The van der Waals surface area contributed by atoms with Gasteiger partial charge in [-0.3, -0.25) is 0 Å². The van der Waals surface area contributed by atoms with E-state index in [-0.39, 0.29) is 0 Å². The van der Waals surface area contributed by atoms with Crippen LogP contribution in [0, 0.1) is 18.8 Å². The van der Waals surface area contributed by atoms with E-state index in [1.807, 2.05) is 18.2 Å². The van der Waals surface area contributed by atoms with Crippen LogP contribution in [0.15, 0.2) is 30.3 Å². The fraction of sp³-hybridized carbons (Fsp3) is 0.647. The normalized spacial score (nSPS) is 23.6. The highest BCUT2D eigenvalue weighted by Gasteiger charge is 2.25. The predicted octanol–water partition coefficient (Wildman–Crippen LogP) is 4.37.